The number of rotatable bonds is 5. The van der Waals surface area contributed by atoms with Gasteiger partial charge in [0.1, 0.15) is 5.84 Å². The second-order valence-corrected chi connectivity index (χ2v) is 6.11. The Morgan fingerprint density at radius 2 is 2.22 bits per heavy atom. The summed E-state index contributed by atoms with van der Waals surface area (Å²) in [6.07, 6.45) is 1.80. The number of nitrogens with two attached hydrogens (primary N) is 1. The molecule has 0 unspecified atom stereocenters. The zero-order valence-electron chi connectivity index (χ0n) is 9.64. The Morgan fingerprint density at radius 1 is 1.50 bits per heavy atom. The molecule has 2 rings (SSSR count). The predicted molar refractivity (Wildman–Crippen MR) is 71.8 cm³/mol. The molecule has 1 fully saturated rings. The van der Waals surface area contributed by atoms with Crippen molar-refractivity contribution < 1.29 is 8.42 Å². The molecule has 0 spiro atoms. The number of nitrogens with zero attached hydrogens (tertiary/aromatic N) is 1. The SMILES string of the molecule is NC(CCl)=Nc1cccc(S(=O)(=O)NC2CC2)c1. The first kappa shape index (κ1) is 13.3. The van der Waals surface area contributed by atoms with Gasteiger partial charge in [0.25, 0.3) is 0 Å². The molecule has 98 valence electrons. The largest absolute Gasteiger partial charge is 0.386 e. The van der Waals surface area contributed by atoms with Crippen molar-refractivity contribution in [3.63, 3.8) is 0 Å². The molecule has 0 heterocycles. The highest BCUT2D eigenvalue weighted by Crippen LogP contribution is 2.23. The lowest BCUT2D eigenvalue weighted by Crippen LogP contribution is -2.25. The maximum absolute atomic E-state index is 12.0. The summed E-state index contributed by atoms with van der Waals surface area (Å²) in [7, 11) is -3.46. The smallest absolute Gasteiger partial charge is 0.240 e. The van der Waals surface area contributed by atoms with Crippen LogP contribution in [0.5, 0.6) is 0 Å². The molecule has 1 aliphatic rings. The van der Waals surface area contributed by atoms with E-state index in [1.165, 1.54) is 12.1 Å². The summed E-state index contributed by atoms with van der Waals surface area (Å²) < 4.78 is 26.6. The lowest BCUT2D eigenvalue weighted by Gasteiger charge is -2.06. The Morgan fingerprint density at radius 3 is 2.83 bits per heavy atom. The summed E-state index contributed by atoms with van der Waals surface area (Å²) in [5.74, 6) is 0.360. The van der Waals surface area contributed by atoms with Crippen molar-refractivity contribution in [1.82, 2.24) is 4.72 Å². The molecule has 1 aromatic carbocycles. The number of hydrogen-bond acceptors (Lipinski definition) is 3. The Hall–Kier alpha value is -1.11. The van der Waals surface area contributed by atoms with Crippen LogP contribution in [-0.4, -0.2) is 26.2 Å². The van der Waals surface area contributed by atoms with E-state index >= 15 is 0 Å². The van der Waals surface area contributed by atoms with Crippen molar-refractivity contribution in [2.45, 2.75) is 23.8 Å². The highest BCUT2D eigenvalue weighted by molar-refractivity contribution is 7.89. The minimum absolute atomic E-state index is 0.0788. The van der Waals surface area contributed by atoms with E-state index in [1.54, 1.807) is 12.1 Å². The van der Waals surface area contributed by atoms with Gasteiger partial charge in [-0.05, 0) is 31.0 Å². The minimum atomic E-state index is -3.46. The molecule has 1 aromatic rings. The number of halogens is 1. The third-order valence-corrected chi connectivity index (χ3v) is 4.23. The zero-order valence-corrected chi connectivity index (χ0v) is 11.2. The van der Waals surface area contributed by atoms with E-state index in [9.17, 15) is 8.42 Å². The average Bonchev–Trinajstić information content (AvgIpc) is 3.12. The Kier molecular flexibility index (Phi) is 3.89. The van der Waals surface area contributed by atoms with Crippen LogP contribution in [0.25, 0.3) is 0 Å². The van der Waals surface area contributed by atoms with E-state index in [2.05, 4.69) is 9.71 Å². The molecular formula is C11H14ClN3O2S. The summed E-state index contributed by atoms with van der Waals surface area (Å²) in [5.41, 5.74) is 5.99. The van der Waals surface area contributed by atoms with Gasteiger partial charge in [-0.2, -0.15) is 0 Å². The van der Waals surface area contributed by atoms with Gasteiger partial charge in [0.2, 0.25) is 10.0 Å². The van der Waals surface area contributed by atoms with Gasteiger partial charge in [0.05, 0.1) is 16.5 Å². The molecule has 0 amide bonds. The van der Waals surface area contributed by atoms with Gasteiger partial charge in [-0.25, -0.2) is 18.1 Å². The topological polar surface area (TPSA) is 84.5 Å². The van der Waals surface area contributed by atoms with Crippen LogP contribution in [0.2, 0.25) is 0 Å². The third kappa shape index (κ3) is 3.44. The third-order valence-electron chi connectivity index (χ3n) is 2.44. The normalized spacial score (nSPS) is 16.8. The van der Waals surface area contributed by atoms with E-state index < -0.39 is 10.0 Å². The second kappa shape index (κ2) is 5.26. The molecule has 3 N–H and O–H groups in total. The van der Waals surface area contributed by atoms with Crippen LogP contribution in [0, 0.1) is 0 Å². The van der Waals surface area contributed by atoms with Gasteiger partial charge in [-0.15, -0.1) is 11.6 Å². The highest BCUT2D eigenvalue weighted by atomic mass is 35.5. The fraction of sp³-hybridized carbons (Fsp3) is 0.364. The van der Waals surface area contributed by atoms with Gasteiger partial charge in [0, 0.05) is 6.04 Å². The van der Waals surface area contributed by atoms with Crippen molar-refractivity contribution in [3.8, 4) is 0 Å². The number of benzene rings is 1. The molecule has 18 heavy (non-hydrogen) atoms. The maximum atomic E-state index is 12.0. The number of aliphatic imine (C=N–C) groups is 1. The van der Waals surface area contributed by atoms with Gasteiger partial charge in [-0.3, -0.25) is 0 Å². The first-order chi connectivity index (χ1) is 8.51. The predicted octanol–water partition coefficient (Wildman–Crippen LogP) is 1.35. The van der Waals surface area contributed by atoms with Crippen molar-refractivity contribution >= 4 is 33.1 Å². The van der Waals surface area contributed by atoms with Crippen molar-refractivity contribution in [2.24, 2.45) is 10.7 Å². The lowest BCUT2D eigenvalue weighted by molar-refractivity contribution is 0.581. The second-order valence-electron chi connectivity index (χ2n) is 4.13. The van der Waals surface area contributed by atoms with Crippen LogP contribution in [0.4, 0.5) is 5.69 Å². The molecule has 0 atom stereocenters. The van der Waals surface area contributed by atoms with Gasteiger partial charge < -0.3 is 5.73 Å². The van der Waals surface area contributed by atoms with Crippen LogP contribution in [0.3, 0.4) is 0 Å². The molecule has 0 saturated heterocycles. The number of hydrogen-bond donors (Lipinski definition) is 2. The van der Waals surface area contributed by atoms with Gasteiger partial charge >= 0.3 is 0 Å². The van der Waals surface area contributed by atoms with Crippen LogP contribution in [-0.2, 0) is 10.0 Å². The Bertz CT molecular complexity index is 567. The number of alkyl halides is 1. The molecule has 0 aliphatic heterocycles. The van der Waals surface area contributed by atoms with E-state index in [1.807, 2.05) is 0 Å². The van der Waals surface area contributed by atoms with Gasteiger partial charge in [0.15, 0.2) is 0 Å². The molecule has 0 bridgehead atoms. The standard InChI is InChI=1S/C11H14ClN3O2S/c12-7-11(13)14-9-2-1-3-10(6-9)18(16,17)15-8-4-5-8/h1-3,6,8,15H,4-5,7H2,(H2,13,14). The average molecular weight is 288 g/mol. The molecule has 0 aromatic heterocycles. The van der Waals surface area contributed by atoms with Crippen LogP contribution < -0.4 is 10.5 Å². The number of sulfonamides is 1. The summed E-state index contributed by atoms with van der Waals surface area (Å²) in [5, 5.41) is 0. The maximum Gasteiger partial charge on any atom is 0.240 e. The summed E-state index contributed by atoms with van der Waals surface area (Å²) in [4.78, 5) is 4.21. The first-order valence-corrected chi connectivity index (χ1v) is 7.54. The molecule has 7 heteroatoms. The Labute approximate surface area is 111 Å². The summed E-state index contributed by atoms with van der Waals surface area (Å²) >= 11 is 5.52. The van der Waals surface area contributed by atoms with E-state index in [0.29, 0.717) is 5.69 Å². The van der Waals surface area contributed by atoms with Gasteiger partial charge in [-0.1, -0.05) is 6.07 Å². The molecule has 1 aliphatic carbocycles. The number of nitrogens with one attached hydrogen (secondary N) is 1. The lowest BCUT2D eigenvalue weighted by atomic mass is 10.3. The van der Waals surface area contributed by atoms with Crippen LogP contribution in [0.15, 0.2) is 34.2 Å². The van der Waals surface area contributed by atoms with Crippen LogP contribution >= 0.6 is 11.6 Å². The minimum Gasteiger partial charge on any atom is -0.386 e. The molecule has 0 radical (unpaired) electrons. The number of amidine groups is 1. The van der Waals surface area contributed by atoms with Crippen molar-refractivity contribution in [2.75, 3.05) is 5.88 Å². The van der Waals surface area contributed by atoms with E-state index in [4.69, 9.17) is 17.3 Å². The summed E-state index contributed by atoms with van der Waals surface area (Å²) in [6, 6.07) is 6.39. The highest BCUT2D eigenvalue weighted by Gasteiger charge is 2.27. The van der Waals surface area contributed by atoms with Crippen molar-refractivity contribution in [3.05, 3.63) is 24.3 Å². The van der Waals surface area contributed by atoms with E-state index in [0.717, 1.165) is 12.8 Å². The molecule has 1 saturated carbocycles. The van der Waals surface area contributed by atoms with Crippen LogP contribution in [0.1, 0.15) is 12.8 Å². The monoisotopic (exact) mass is 287 g/mol. The molecular weight excluding hydrogens is 274 g/mol. The summed E-state index contributed by atoms with van der Waals surface area (Å²) in [6.45, 7) is 0. The van der Waals surface area contributed by atoms with E-state index in [-0.39, 0.29) is 22.7 Å². The fourth-order valence-corrected chi connectivity index (χ4v) is 2.81. The zero-order chi connectivity index (χ0) is 13.2. The fourth-order valence-electron chi connectivity index (χ4n) is 1.40. The Balaban J connectivity index is 2.26. The molecule has 5 nitrogen and oxygen atoms in total. The quantitative estimate of drug-likeness (QED) is 0.487. The first-order valence-electron chi connectivity index (χ1n) is 5.52. The van der Waals surface area contributed by atoms with Crippen molar-refractivity contribution in [1.29, 1.82) is 0 Å².